The van der Waals surface area contributed by atoms with Crippen LogP contribution in [0.1, 0.15) is 95.5 Å². The first-order chi connectivity index (χ1) is 22.8. The van der Waals surface area contributed by atoms with Crippen LogP contribution in [0.25, 0.3) is 0 Å². The molecule has 8 atom stereocenters. The van der Waals surface area contributed by atoms with E-state index in [4.69, 9.17) is 9.47 Å². The number of phenolic OH excluding ortho intramolecular Hbond substituents is 2. The molecule has 3 aromatic rings. The summed E-state index contributed by atoms with van der Waals surface area (Å²) in [6.07, 6.45) is 7.75. The second kappa shape index (κ2) is 7.49. The summed E-state index contributed by atoms with van der Waals surface area (Å²) in [7, 11) is 0. The summed E-state index contributed by atoms with van der Waals surface area (Å²) in [6, 6.07) is 8.60. The molecule has 4 fully saturated rings. The van der Waals surface area contributed by atoms with E-state index >= 15 is 0 Å². The molecule has 2 spiro atoms. The molecular formula is C38H39N3O6. The number of fused-ring (bicyclic) bond motifs is 5. The molecule has 9 heteroatoms. The Balaban J connectivity index is 1.06. The standard InChI is InChI=1S/C38H39N3O6/c42-23-7-1-17-13-25-37(44)15-21-22-16-38(45)26-14-18-2-8-24(43)32-28(18)36(38,10-12-41(26)20-5-6-20)34(47-32)30(22)39-29(21)33-35(37,27(17)31(23)46-33)9-11-40(25)19-3-4-19/h1-2,7-8,19-20,25-26,33-34,39,42-45H,3-6,9-16H2/t25?,26?,33-,34-,35-,36-,37+,38+/m0/s1. The fraction of sp³-hybridized carbons (Fsp3) is 0.579. The Labute approximate surface area is 272 Å². The van der Waals surface area contributed by atoms with Crippen LogP contribution >= 0.6 is 0 Å². The molecular weight excluding hydrogens is 594 g/mol. The maximum atomic E-state index is 13.4. The predicted molar refractivity (Wildman–Crippen MR) is 168 cm³/mol. The highest BCUT2D eigenvalue weighted by Gasteiger charge is 2.77. The summed E-state index contributed by atoms with van der Waals surface area (Å²) in [6.45, 7) is 1.82. The van der Waals surface area contributed by atoms with Gasteiger partial charge < -0.3 is 34.9 Å². The lowest BCUT2D eigenvalue weighted by Gasteiger charge is -2.63. The van der Waals surface area contributed by atoms with Gasteiger partial charge in [0.05, 0.1) is 33.4 Å². The lowest BCUT2D eigenvalue weighted by atomic mass is 9.47. The Morgan fingerprint density at radius 3 is 1.53 bits per heavy atom. The summed E-state index contributed by atoms with van der Waals surface area (Å²) in [5.74, 6) is 1.35. The van der Waals surface area contributed by atoms with Gasteiger partial charge in [-0.2, -0.15) is 0 Å². The zero-order valence-corrected chi connectivity index (χ0v) is 26.3. The first-order valence-electron chi connectivity index (χ1n) is 18.0. The van der Waals surface area contributed by atoms with Crippen LogP contribution in [0.15, 0.2) is 24.3 Å². The number of ether oxygens (including phenoxy) is 2. The number of H-pyrrole nitrogens is 1. The smallest absolute Gasteiger partial charge is 0.166 e. The molecule has 2 unspecified atom stereocenters. The summed E-state index contributed by atoms with van der Waals surface area (Å²) in [5.41, 5.74) is 4.95. The van der Waals surface area contributed by atoms with Crippen LogP contribution in [0, 0.1) is 0 Å². The third kappa shape index (κ3) is 2.49. The van der Waals surface area contributed by atoms with E-state index in [1.54, 1.807) is 12.1 Å². The molecule has 47 heavy (non-hydrogen) atoms. The van der Waals surface area contributed by atoms with Crippen LogP contribution in [0.5, 0.6) is 23.0 Å². The van der Waals surface area contributed by atoms with Crippen molar-refractivity contribution in [1.82, 2.24) is 14.8 Å². The topological polar surface area (TPSA) is 122 Å². The second-order valence-corrected chi connectivity index (χ2v) is 16.8. The van der Waals surface area contributed by atoms with Crippen LogP contribution in [0.2, 0.25) is 0 Å². The average molecular weight is 634 g/mol. The van der Waals surface area contributed by atoms with Crippen molar-refractivity contribution < 1.29 is 29.9 Å². The fourth-order valence-electron chi connectivity index (χ4n) is 13.2. The van der Waals surface area contributed by atoms with Crippen LogP contribution in [-0.2, 0) is 36.5 Å². The molecule has 0 amide bonds. The molecule has 5 N–H and O–H groups in total. The number of aromatic nitrogens is 1. The maximum Gasteiger partial charge on any atom is 0.166 e. The molecule has 2 saturated carbocycles. The zero-order valence-electron chi connectivity index (χ0n) is 26.3. The fourth-order valence-corrected chi connectivity index (χ4v) is 13.2. The lowest BCUT2D eigenvalue weighted by molar-refractivity contribution is -0.177. The highest BCUT2D eigenvalue weighted by Crippen LogP contribution is 2.73. The van der Waals surface area contributed by atoms with Gasteiger partial charge >= 0.3 is 0 Å². The molecule has 4 bridgehead atoms. The van der Waals surface area contributed by atoms with E-state index < -0.39 is 34.2 Å². The van der Waals surface area contributed by atoms with Crippen molar-refractivity contribution in [1.29, 1.82) is 0 Å². The van der Waals surface area contributed by atoms with Gasteiger partial charge in [0, 0.05) is 48.1 Å². The van der Waals surface area contributed by atoms with Crippen molar-refractivity contribution in [3.63, 3.8) is 0 Å². The average Bonchev–Trinajstić information content (AvgIpc) is 3.96. The first-order valence-corrected chi connectivity index (χ1v) is 18.0. The van der Waals surface area contributed by atoms with Gasteiger partial charge in [0.2, 0.25) is 0 Å². The number of piperidine rings is 2. The van der Waals surface area contributed by atoms with Crippen molar-refractivity contribution in [3.8, 4) is 23.0 Å². The maximum absolute atomic E-state index is 13.4. The SMILES string of the molecule is Oc1ccc2c3c1O[C@H]1c4[nH]c5c(c4C[C@@]4(O)C(C2)N(C2CC2)CC[C@]314)C[C@@]1(O)C2Cc3ccc(O)c4c3[C@@]1(CCN2C1CC1)[C@H]5O4. The molecule has 13 rings (SSSR count). The van der Waals surface area contributed by atoms with Gasteiger partial charge in [-0.25, -0.2) is 0 Å². The van der Waals surface area contributed by atoms with E-state index in [0.29, 0.717) is 36.4 Å². The lowest BCUT2D eigenvalue weighted by Crippen LogP contribution is -2.75. The predicted octanol–water partition coefficient (Wildman–Crippen LogP) is 3.33. The van der Waals surface area contributed by atoms with Crippen molar-refractivity contribution in [2.24, 2.45) is 0 Å². The molecule has 2 saturated heterocycles. The van der Waals surface area contributed by atoms with E-state index in [1.807, 2.05) is 0 Å². The Hall–Kier alpha value is -3.24. The van der Waals surface area contributed by atoms with Crippen LogP contribution in [0.3, 0.4) is 0 Å². The minimum atomic E-state index is -1.08. The van der Waals surface area contributed by atoms with Gasteiger partial charge in [0.1, 0.15) is 0 Å². The van der Waals surface area contributed by atoms with Crippen molar-refractivity contribution in [3.05, 3.63) is 69.0 Å². The van der Waals surface area contributed by atoms with E-state index in [1.165, 1.54) is 36.8 Å². The number of aliphatic hydroxyl groups is 2. The number of hydrogen-bond acceptors (Lipinski definition) is 8. The largest absolute Gasteiger partial charge is 0.504 e. The van der Waals surface area contributed by atoms with Crippen LogP contribution < -0.4 is 9.47 Å². The van der Waals surface area contributed by atoms with Crippen molar-refractivity contribution in [2.75, 3.05) is 13.1 Å². The number of nitrogens with zero attached hydrogens (tertiary/aromatic N) is 2. The van der Waals surface area contributed by atoms with Crippen LogP contribution in [0.4, 0.5) is 0 Å². The molecule has 5 heterocycles. The second-order valence-electron chi connectivity index (χ2n) is 16.8. The van der Waals surface area contributed by atoms with E-state index in [0.717, 1.165) is 72.4 Å². The van der Waals surface area contributed by atoms with Gasteiger partial charge in [-0.15, -0.1) is 0 Å². The summed E-state index contributed by atoms with van der Waals surface area (Å²) >= 11 is 0. The summed E-state index contributed by atoms with van der Waals surface area (Å²) in [5, 5.41) is 49.2. The van der Waals surface area contributed by atoms with E-state index in [-0.39, 0.29) is 23.6 Å². The monoisotopic (exact) mass is 633 g/mol. The molecule has 1 aromatic heterocycles. The zero-order chi connectivity index (χ0) is 31.0. The number of nitrogens with one attached hydrogen (secondary N) is 1. The van der Waals surface area contributed by atoms with E-state index in [2.05, 4.69) is 26.9 Å². The van der Waals surface area contributed by atoms with Gasteiger partial charge in [-0.3, -0.25) is 9.80 Å². The van der Waals surface area contributed by atoms with Crippen molar-refractivity contribution >= 4 is 0 Å². The quantitative estimate of drug-likeness (QED) is 0.292. The van der Waals surface area contributed by atoms with Crippen molar-refractivity contribution in [2.45, 2.75) is 123 Å². The number of benzene rings is 2. The third-order valence-electron chi connectivity index (χ3n) is 15.2. The molecule has 4 aliphatic heterocycles. The van der Waals surface area contributed by atoms with Gasteiger partial charge in [0.25, 0.3) is 0 Å². The number of aromatic amines is 1. The molecule has 242 valence electrons. The van der Waals surface area contributed by atoms with Gasteiger partial charge in [-0.05, 0) is 98.8 Å². The molecule has 10 aliphatic rings. The van der Waals surface area contributed by atoms with Crippen LogP contribution in [-0.4, -0.2) is 83.7 Å². The molecule has 2 aromatic carbocycles. The highest BCUT2D eigenvalue weighted by atomic mass is 16.5. The molecule has 6 aliphatic carbocycles. The highest BCUT2D eigenvalue weighted by molar-refractivity contribution is 5.68. The number of hydrogen-bond donors (Lipinski definition) is 5. The number of aromatic hydroxyl groups is 2. The third-order valence-corrected chi connectivity index (χ3v) is 15.2. The number of likely N-dealkylation sites (tertiary alicyclic amines) is 2. The first kappa shape index (κ1) is 25.7. The normalized spacial score (nSPS) is 42.6. The Kier molecular flexibility index (Phi) is 4.10. The Morgan fingerprint density at radius 2 is 1.11 bits per heavy atom. The van der Waals surface area contributed by atoms with Gasteiger partial charge in [0.15, 0.2) is 35.2 Å². The van der Waals surface area contributed by atoms with Gasteiger partial charge in [-0.1, -0.05) is 12.1 Å². The molecule has 9 nitrogen and oxygen atoms in total. The minimum absolute atomic E-state index is 0.0412. The summed E-state index contributed by atoms with van der Waals surface area (Å²) < 4.78 is 13.8. The Bertz CT molecular complexity index is 1880. The Morgan fingerprint density at radius 1 is 0.660 bits per heavy atom. The van der Waals surface area contributed by atoms with E-state index in [9.17, 15) is 20.4 Å². The number of rotatable bonds is 2. The summed E-state index contributed by atoms with van der Waals surface area (Å²) in [4.78, 5) is 9.07. The molecule has 0 radical (unpaired) electrons. The minimum Gasteiger partial charge on any atom is -0.504 e. The number of phenols is 2.